The summed E-state index contributed by atoms with van der Waals surface area (Å²) in [5, 5.41) is 13.6. The van der Waals surface area contributed by atoms with Crippen LogP contribution in [0.25, 0.3) is 5.57 Å². The van der Waals surface area contributed by atoms with E-state index >= 15 is 0 Å². The molecule has 3 rings (SSSR count). The maximum Gasteiger partial charge on any atom is 0.224 e. The quantitative estimate of drug-likeness (QED) is 0.383. The Labute approximate surface area is 200 Å². The summed E-state index contributed by atoms with van der Waals surface area (Å²) < 4.78 is 25.9. The Morgan fingerprint density at radius 3 is 2.53 bits per heavy atom. The fraction of sp³-hybridized carbons (Fsp3) is 0.560. The van der Waals surface area contributed by atoms with Crippen molar-refractivity contribution < 1.29 is 23.8 Å². The molecule has 34 heavy (non-hydrogen) atoms. The van der Waals surface area contributed by atoms with Crippen molar-refractivity contribution in [2.75, 3.05) is 32.9 Å². The first-order chi connectivity index (χ1) is 16.2. The lowest BCUT2D eigenvalue weighted by atomic mass is 9.93. The number of aliphatic imine (C=N–C) groups is 2. The van der Waals surface area contributed by atoms with Gasteiger partial charge in [0.05, 0.1) is 30.9 Å². The van der Waals surface area contributed by atoms with Gasteiger partial charge in [0.1, 0.15) is 12.4 Å². The molecule has 1 aromatic rings. The van der Waals surface area contributed by atoms with Crippen molar-refractivity contribution >= 4 is 24.0 Å². The number of ether oxygens (including phenoxy) is 2. The van der Waals surface area contributed by atoms with Crippen LogP contribution in [-0.4, -0.2) is 67.1 Å². The standard InChI is InChI=1S/C25H35FN4O4/c1-18(21-8-6-7-19(14-31)22(21)26)13-28-23(27-5)30-11-9-20(10-12-30)29-34-17-25(4)15-32-24(2,3)33-16-25/h6-8,13,31H,5,9-12,14-17H2,1-4H3/b18-13+,28-23+. The van der Waals surface area contributed by atoms with Crippen molar-refractivity contribution in [2.45, 2.75) is 52.9 Å². The van der Waals surface area contributed by atoms with Crippen molar-refractivity contribution in [2.24, 2.45) is 20.6 Å². The molecule has 2 fully saturated rings. The number of hydrogen-bond donors (Lipinski definition) is 1. The van der Waals surface area contributed by atoms with Crippen LogP contribution < -0.4 is 0 Å². The second-order valence-electron chi connectivity index (χ2n) is 9.54. The highest BCUT2D eigenvalue weighted by molar-refractivity contribution is 5.90. The monoisotopic (exact) mass is 474 g/mol. The molecule has 8 nitrogen and oxygen atoms in total. The molecule has 2 saturated heterocycles. The fourth-order valence-electron chi connectivity index (χ4n) is 3.65. The molecule has 2 aliphatic rings. The fourth-order valence-corrected chi connectivity index (χ4v) is 3.65. The Bertz CT molecular complexity index is 954. The normalized spacial score (nSPS) is 20.8. The Balaban J connectivity index is 1.54. The molecule has 186 valence electrons. The lowest BCUT2D eigenvalue weighted by Crippen LogP contribution is -2.47. The number of halogens is 1. The third-order valence-electron chi connectivity index (χ3n) is 5.96. The summed E-state index contributed by atoms with van der Waals surface area (Å²) >= 11 is 0. The number of allylic oxidation sites excluding steroid dienone is 1. The van der Waals surface area contributed by atoms with E-state index in [2.05, 4.69) is 28.8 Å². The van der Waals surface area contributed by atoms with Crippen LogP contribution in [0, 0.1) is 11.2 Å². The summed E-state index contributed by atoms with van der Waals surface area (Å²) in [6.45, 7) is 13.8. The number of hydrogen-bond acceptors (Lipinski definition) is 6. The predicted octanol–water partition coefficient (Wildman–Crippen LogP) is 3.99. The molecule has 0 atom stereocenters. The zero-order valence-corrected chi connectivity index (χ0v) is 20.5. The van der Waals surface area contributed by atoms with Gasteiger partial charge in [-0.2, -0.15) is 0 Å². The summed E-state index contributed by atoms with van der Waals surface area (Å²) in [5.74, 6) is -0.517. The second kappa shape index (κ2) is 11.2. The molecule has 9 heteroatoms. The minimum atomic E-state index is -0.554. The third-order valence-corrected chi connectivity index (χ3v) is 5.96. The number of likely N-dealkylation sites (tertiary alicyclic amines) is 1. The van der Waals surface area contributed by atoms with E-state index in [9.17, 15) is 9.50 Å². The minimum Gasteiger partial charge on any atom is -0.395 e. The largest absolute Gasteiger partial charge is 0.395 e. The van der Waals surface area contributed by atoms with E-state index in [1.807, 2.05) is 18.7 Å². The number of rotatable bonds is 6. The first-order valence-corrected chi connectivity index (χ1v) is 11.5. The van der Waals surface area contributed by atoms with Gasteiger partial charge in [0.25, 0.3) is 0 Å². The smallest absolute Gasteiger partial charge is 0.224 e. The highest BCUT2D eigenvalue weighted by Crippen LogP contribution is 2.29. The van der Waals surface area contributed by atoms with E-state index < -0.39 is 11.6 Å². The van der Waals surface area contributed by atoms with Gasteiger partial charge >= 0.3 is 0 Å². The lowest BCUT2D eigenvalue weighted by molar-refractivity contribution is -0.288. The molecule has 0 aliphatic carbocycles. The van der Waals surface area contributed by atoms with Gasteiger partial charge in [-0.25, -0.2) is 14.4 Å². The van der Waals surface area contributed by atoms with Gasteiger partial charge < -0.3 is 24.3 Å². The molecule has 0 radical (unpaired) electrons. The van der Waals surface area contributed by atoms with Crippen LogP contribution in [0.2, 0.25) is 0 Å². The topological polar surface area (TPSA) is 88.2 Å². The molecule has 0 saturated carbocycles. The van der Waals surface area contributed by atoms with E-state index in [0.29, 0.717) is 50.0 Å². The van der Waals surface area contributed by atoms with Gasteiger partial charge in [-0.3, -0.25) is 0 Å². The van der Waals surface area contributed by atoms with Gasteiger partial charge in [0, 0.05) is 43.3 Å². The van der Waals surface area contributed by atoms with Gasteiger partial charge in [0.15, 0.2) is 5.79 Å². The van der Waals surface area contributed by atoms with Gasteiger partial charge in [-0.1, -0.05) is 30.3 Å². The van der Waals surface area contributed by atoms with Crippen LogP contribution in [0.4, 0.5) is 4.39 Å². The summed E-state index contributed by atoms with van der Waals surface area (Å²) in [6.07, 6.45) is 3.02. The van der Waals surface area contributed by atoms with E-state index in [-0.39, 0.29) is 17.6 Å². The Kier molecular flexibility index (Phi) is 8.57. The van der Waals surface area contributed by atoms with Gasteiger partial charge in [-0.05, 0) is 33.1 Å². The maximum absolute atomic E-state index is 14.5. The number of aliphatic hydroxyl groups excluding tert-OH is 1. The van der Waals surface area contributed by atoms with Crippen LogP contribution in [0.3, 0.4) is 0 Å². The van der Waals surface area contributed by atoms with Crippen LogP contribution in [-0.2, 0) is 20.9 Å². The highest BCUT2D eigenvalue weighted by Gasteiger charge is 2.37. The Morgan fingerprint density at radius 2 is 1.91 bits per heavy atom. The summed E-state index contributed by atoms with van der Waals surface area (Å²) in [5.41, 5.74) is 2.04. The molecule has 0 amide bonds. The summed E-state index contributed by atoms with van der Waals surface area (Å²) in [6, 6.07) is 4.93. The summed E-state index contributed by atoms with van der Waals surface area (Å²) in [4.78, 5) is 16.1. The van der Waals surface area contributed by atoms with E-state index in [1.54, 1.807) is 31.3 Å². The molecule has 2 heterocycles. The molecule has 0 aromatic heterocycles. The van der Waals surface area contributed by atoms with E-state index in [0.717, 1.165) is 18.6 Å². The average molecular weight is 475 g/mol. The number of benzene rings is 1. The Morgan fingerprint density at radius 1 is 1.24 bits per heavy atom. The number of nitrogens with zero attached hydrogens (tertiary/aromatic N) is 4. The first-order valence-electron chi connectivity index (χ1n) is 11.5. The van der Waals surface area contributed by atoms with Crippen LogP contribution in [0.1, 0.15) is 51.7 Å². The number of oxime groups is 1. The molecule has 0 spiro atoms. The zero-order valence-electron chi connectivity index (χ0n) is 20.5. The lowest BCUT2D eigenvalue weighted by Gasteiger charge is -2.40. The molecular weight excluding hydrogens is 439 g/mol. The van der Waals surface area contributed by atoms with Crippen molar-refractivity contribution in [3.8, 4) is 0 Å². The second-order valence-corrected chi connectivity index (χ2v) is 9.54. The number of aliphatic hydroxyl groups is 1. The predicted molar refractivity (Wildman–Crippen MR) is 131 cm³/mol. The Hall–Kier alpha value is -2.62. The minimum absolute atomic E-state index is 0.229. The van der Waals surface area contributed by atoms with Crippen LogP contribution in [0.5, 0.6) is 0 Å². The molecule has 2 aliphatic heterocycles. The van der Waals surface area contributed by atoms with Crippen molar-refractivity contribution in [1.82, 2.24) is 4.90 Å². The zero-order chi connectivity index (χ0) is 24.8. The maximum atomic E-state index is 14.5. The SMILES string of the molecule is C=N/C(=N\C=C(/C)c1cccc(CO)c1F)N1CCC(=NOCC2(C)COC(C)(C)OC2)CC1. The van der Waals surface area contributed by atoms with Crippen LogP contribution in [0.15, 0.2) is 39.5 Å². The highest BCUT2D eigenvalue weighted by atomic mass is 19.1. The van der Waals surface area contributed by atoms with Crippen molar-refractivity contribution in [3.63, 3.8) is 0 Å². The molecule has 0 unspecified atom stereocenters. The first kappa shape index (κ1) is 26.0. The van der Waals surface area contributed by atoms with Crippen LogP contribution >= 0.6 is 0 Å². The van der Waals surface area contributed by atoms with Gasteiger partial charge in [0.2, 0.25) is 5.96 Å². The number of guanidine groups is 1. The third kappa shape index (κ3) is 6.71. The summed E-state index contributed by atoms with van der Waals surface area (Å²) in [7, 11) is 0. The average Bonchev–Trinajstić information content (AvgIpc) is 2.82. The molecular formula is C25H35FN4O4. The van der Waals surface area contributed by atoms with Crippen molar-refractivity contribution in [3.05, 3.63) is 41.3 Å². The van der Waals surface area contributed by atoms with E-state index in [4.69, 9.17) is 14.3 Å². The van der Waals surface area contributed by atoms with Crippen molar-refractivity contribution in [1.29, 1.82) is 0 Å². The van der Waals surface area contributed by atoms with E-state index in [1.165, 1.54) is 0 Å². The molecule has 1 aromatic carbocycles. The molecule has 0 bridgehead atoms. The van der Waals surface area contributed by atoms with Gasteiger partial charge in [-0.15, -0.1) is 0 Å². The number of piperidine rings is 1. The molecule has 1 N–H and O–H groups in total.